The zero-order valence-corrected chi connectivity index (χ0v) is 18.4. The maximum atomic E-state index is 12.0. The molecule has 1 atom stereocenters. The van der Waals surface area contributed by atoms with Crippen molar-refractivity contribution in [1.29, 1.82) is 0 Å². The van der Waals surface area contributed by atoms with Crippen LogP contribution in [0.5, 0.6) is 0 Å². The summed E-state index contributed by atoms with van der Waals surface area (Å²) < 4.78 is 5.10. The fourth-order valence-corrected chi connectivity index (χ4v) is 3.59. The van der Waals surface area contributed by atoms with Crippen LogP contribution >= 0.6 is 11.3 Å². The van der Waals surface area contributed by atoms with Gasteiger partial charge in [0.1, 0.15) is 9.88 Å². The van der Waals surface area contributed by atoms with Gasteiger partial charge in [0.25, 0.3) is 0 Å². The number of aliphatic imine (C=N–C) groups is 1. The summed E-state index contributed by atoms with van der Waals surface area (Å²) in [5.41, 5.74) is 0.710. The molecule has 0 aliphatic carbocycles. The average Bonchev–Trinajstić information content (AvgIpc) is 3.03. The molecule has 0 aliphatic rings. The van der Waals surface area contributed by atoms with E-state index in [9.17, 15) is 4.79 Å². The lowest BCUT2D eigenvalue weighted by molar-refractivity contribution is 0.0531. The second kappa shape index (κ2) is 12.7. The van der Waals surface area contributed by atoms with E-state index in [0.29, 0.717) is 17.2 Å². The third kappa shape index (κ3) is 7.84. The number of hydrogen-bond donors (Lipinski definition) is 2. The minimum Gasteiger partial charge on any atom is -0.462 e. The summed E-state index contributed by atoms with van der Waals surface area (Å²) in [4.78, 5) is 24.2. The zero-order chi connectivity index (χ0) is 20.2. The van der Waals surface area contributed by atoms with E-state index in [-0.39, 0.29) is 12.0 Å². The molecule has 1 aromatic heterocycles. The standard InChI is InChI=1S/C19H35N5O2S/c1-7-12-24(9-3)13-11-21-19(20-8-2)23-15(6)17-22-14(5)16(27-17)18(25)26-10-4/h15H,7-13H2,1-6H3,(H2,20,21,23). The van der Waals surface area contributed by atoms with Gasteiger partial charge in [-0.1, -0.05) is 13.8 Å². The van der Waals surface area contributed by atoms with Crippen LogP contribution < -0.4 is 10.6 Å². The predicted molar refractivity (Wildman–Crippen MR) is 113 cm³/mol. The Hall–Kier alpha value is -1.67. The number of rotatable bonds is 11. The number of esters is 1. The van der Waals surface area contributed by atoms with Crippen LogP contribution in [0.4, 0.5) is 0 Å². The number of thiazole rings is 1. The van der Waals surface area contributed by atoms with Gasteiger partial charge in [0.05, 0.1) is 24.9 Å². The first-order valence-corrected chi connectivity index (χ1v) is 10.7. The van der Waals surface area contributed by atoms with Crippen molar-refractivity contribution in [3.63, 3.8) is 0 Å². The Labute approximate surface area is 167 Å². The number of aromatic nitrogens is 1. The van der Waals surface area contributed by atoms with E-state index >= 15 is 0 Å². The summed E-state index contributed by atoms with van der Waals surface area (Å²) in [6, 6.07) is -0.0485. The number of aryl methyl sites for hydroxylation is 1. The predicted octanol–water partition coefficient (Wildman–Crippen LogP) is 2.98. The first kappa shape index (κ1) is 23.4. The van der Waals surface area contributed by atoms with Crippen molar-refractivity contribution >= 4 is 23.3 Å². The third-order valence-electron chi connectivity index (χ3n) is 4.02. The first-order chi connectivity index (χ1) is 13.0. The van der Waals surface area contributed by atoms with E-state index in [2.05, 4.69) is 39.4 Å². The molecular formula is C19H35N5O2S. The number of carbonyl (C=O) groups is 1. The van der Waals surface area contributed by atoms with Crippen molar-refractivity contribution < 1.29 is 9.53 Å². The normalized spacial score (nSPS) is 12.9. The Bertz CT molecular complexity index is 603. The molecule has 0 amide bonds. The van der Waals surface area contributed by atoms with Gasteiger partial charge < -0.3 is 20.3 Å². The summed E-state index contributed by atoms with van der Waals surface area (Å²) >= 11 is 1.38. The molecule has 0 aliphatic heterocycles. The highest BCUT2D eigenvalue weighted by Crippen LogP contribution is 2.24. The number of nitrogens with zero attached hydrogens (tertiary/aromatic N) is 3. The van der Waals surface area contributed by atoms with Gasteiger partial charge in [0, 0.05) is 13.1 Å². The van der Waals surface area contributed by atoms with E-state index in [0.717, 1.165) is 50.1 Å². The van der Waals surface area contributed by atoms with E-state index in [1.54, 1.807) is 6.92 Å². The summed E-state index contributed by atoms with van der Waals surface area (Å²) in [5.74, 6) is 0.463. The highest BCUT2D eigenvalue weighted by Gasteiger charge is 2.20. The van der Waals surface area contributed by atoms with Crippen molar-refractivity contribution in [2.45, 2.75) is 54.0 Å². The lowest BCUT2D eigenvalue weighted by Gasteiger charge is -2.19. The molecular weight excluding hydrogens is 362 g/mol. The average molecular weight is 398 g/mol. The molecule has 0 bridgehead atoms. The minimum absolute atomic E-state index is 0.0485. The number of hydrogen-bond acceptors (Lipinski definition) is 6. The Morgan fingerprint density at radius 1 is 1.30 bits per heavy atom. The van der Waals surface area contributed by atoms with Crippen molar-refractivity contribution in [1.82, 2.24) is 20.5 Å². The molecule has 27 heavy (non-hydrogen) atoms. The SMILES string of the molecule is CCCN(CC)CCN=C(NCC)NC(C)c1nc(C)c(C(=O)OCC)s1. The molecule has 0 saturated carbocycles. The quantitative estimate of drug-likeness (QED) is 0.339. The lowest BCUT2D eigenvalue weighted by Crippen LogP contribution is -2.39. The van der Waals surface area contributed by atoms with E-state index < -0.39 is 0 Å². The Morgan fingerprint density at radius 3 is 2.63 bits per heavy atom. The van der Waals surface area contributed by atoms with Crippen LogP contribution in [0.25, 0.3) is 0 Å². The second-order valence-corrected chi connectivity index (χ2v) is 7.28. The Morgan fingerprint density at radius 2 is 2.04 bits per heavy atom. The van der Waals surface area contributed by atoms with Crippen LogP contribution in [-0.4, -0.2) is 61.1 Å². The maximum Gasteiger partial charge on any atom is 0.350 e. The van der Waals surface area contributed by atoms with Crippen molar-refractivity contribution in [2.75, 3.05) is 39.3 Å². The molecule has 0 spiro atoms. The van der Waals surface area contributed by atoms with Gasteiger partial charge in [-0.2, -0.15) is 0 Å². The molecule has 0 radical (unpaired) electrons. The molecule has 154 valence electrons. The van der Waals surface area contributed by atoms with Gasteiger partial charge in [0.2, 0.25) is 0 Å². The molecule has 0 saturated heterocycles. The van der Waals surface area contributed by atoms with Crippen molar-refractivity contribution in [2.24, 2.45) is 4.99 Å². The lowest BCUT2D eigenvalue weighted by atomic mass is 10.3. The summed E-state index contributed by atoms with van der Waals surface area (Å²) in [5, 5.41) is 7.51. The largest absolute Gasteiger partial charge is 0.462 e. The van der Waals surface area contributed by atoms with Gasteiger partial charge in [-0.25, -0.2) is 9.78 Å². The van der Waals surface area contributed by atoms with Crippen LogP contribution in [0.3, 0.4) is 0 Å². The van der Waals surface area contributed by atoms with Crippen LogP contribution in [0.1, 0.15) is 67.5 Å². The Kier molecular flexibility index (Phi) is 11.0. The highest BCUT2D eigenvalue weighted by atomic mass is 32.1. The molecule has 1 heterocycles. The number of guanidine groups is 1. The van der Waals surface area contributed by atoms with E-state index in [1.807, 2.05) is 20.8 Å². The van der Waals surface area contributed by atoms with Crippen LogP contribution in [-0.2, 0) is 4.74 Å². The second-order valence-electron chi connectivity index (χ2n) is 6.25. The molecule has 8 heteroatoms. The molecule has 0 fully saturated rings. The van der Waals surface area contributed by atoms with Crippen molar-refractivity contribution in [3.8, 4) is 0 Å². The highest BCUT2D eigenvalue weighted by molar-refractivity contribution is 7.13. The van der Waals surface area contributed by atoms with Crippen LogP contribution in [0, 0.1) is 6.92 Å². The van der Waals surface area contributed by atoms with Crippen LogP contribution in [0.2, 0.25) is 0 Å². The topological polar surface area (TPSA) is 78.9 Å². The number of likely N-dealkylation sites (N-methyl/N-ethyl adjacent to an activating group) is 1. The number of carbonyl (C=O) groups excluding carboxylic acids is 1. The molecule has 7 nitrogen and oxygen atoms in total. The third-order valence-corrected chi connectivity index (χ3v) is 5.34. The van der Waals surface area contributed by atoms with E-state index in [1.165, 1.54) is 11.3 Å². The zero-order valence-electron chi connectivity index (χ0n) is 17.6. The van der Waals surface area contributed by atoms with Gasteiger partial charge in [-0.3, -0.25) is 4.99 Å². The monoisotopic (exact) mass is 397 g/mol. The van der Waals surface area contributed by atoms with Gasteiger partial charge in [0.15, 0.2) is 5.96 Å². The first-order valence-electron chi connectivity index (χ1n) is 9.88. The molecule has 1 rings (SSSR count). The summed E-state index contributed by atoms with van der Waals surface area (Å²) in [6.07, 6.45) is 1.15. The molecule has 1 unspecified atom stereocenters. The smallest absolute Gasteiger partial charge is 0.350 e. The number of ether oxygens (including phenoxy) is 1. The fraction of sp³-hybridized carbons (Fsp3) is 0.737. The minimum atomic E-state index is -0.304. The van der Waals surface area contributed by atoms with E-state index in [4.69, 9.17) is 4.74 Å². The summed E-state index contributed by atoms with van der Waals surface area (Å²) in [6.45, 7) is 17.1. The number of nitrogens with one attached hydrogen (secondary N) is 2. The maximum absolute atomic E-state index is 12.0. The van der Waals surface area contributed by atoms with Crippen LogP contribution in [0.15, 0.2) is 4.99 Å². The molecule has 0 aromatic carbocycles. The summed E-state index contributed by atoms with van der Waals surface area (Å²) in [7, 11) is 0. The van der Waals surface area contributed by atoms with Gasteiger partial charge >= 0.3 is 5.97 Å². The van der Waals surface area contributed by atoms with Crippen molar-refractivity contribution in [3.05, 3.63) is 15.6 Å². The van der Waals surface area contributed by atoms with Gasteiger partial charge in [-0.15, -0.1) is 11.3 Å². The molecule has 1 aromatic rings. The Balaban J connectivity index is 2.74. The fourth-order valence-electron chi connectivity index (χ4n) is 2.62. The van der Waals surface area contributed by atoms with Gasteiger partial charge in [-0.05, 0) is 47.2 Å². The molecule has 2 N–H and O–H groups in total.